The van der Waals surface area contributed by atoms with E-state index in [2.05, 4.69) is 0 Å². The van der Waals surface area contributed by atoms with Gasteiger partial charge >= 0.3 is 11.9 Å². The zero-order valence-corrected chi connectivity index (χ0v) is 14.2. The molecule has 1 heterocycles. The molecule has 0 unspecified atom stereocenters. The van der Waals surface area contributed by atoms with Gasteiger partial charge in [-0.3, -0.25) is 4.79 Å². The van der Waals surface area contributed by atoms with Crippen LogP contribution in [0, 0.1) is 0 Å². The molecule has 138 valence electrons. The number of carboxylic acids is 2. The van der Waals surface area contributed by atoms with E-state index < -0.39 is 40.0 Å². The normalized spacial score (nSPS) is 10.5. The molecule has 2 rings (SSSR count). The highest BCUT2D eigenvalue weighted by molar-refractivity contribution is 6.08. The molecule has 6 N–H and O–H groups in total. The van der Waals surface area contributed by atoms with Crippen molar-refractivity contribution in [3.63, 3.8) is 0 Å². The summed E-state index contributed by atoms with van der Waals surface area (Å²) in [4.78, 5) is 39.1. The fourth-order valence-corrected chi connectivity index (χ4v) is 2.83. The molecule has 0 spiro atoms. The molecule has 1 aromatic carbocycles. The molecule has 0 saturated carbocycles. The number of rotatable bonds is 6. The molecule has 0 fully saturated rings. The highest BCUT2D eigenvalue weighted by Crippen LogP contribution is 2.37. The van der Waals surface area contributed by atoms with E-state index in [0.717, 1.165) is 0 Å². The number of pyridine rings is 1. The van der Waals surface area contributed by atoms with Gasteiger partial charge in [0.25, 0.3) is 5.56 Å². The molecule has 1 aromatic heterocycles. The molecule has 9 heteroatoms. The molecule has 9 nitrogen and oxygen atoms in total. The molecular formula is C17H19N3O6. The van der Waals surface area contributed by atoms with Gasteiger partial charge in [-0.25, -0.2) is 9.59 Å². The van der Waals surface area contributed by atoms with Gasteiger partial charge in [0.1, 0.15) is 22.7 Å². The van der Waals surface area contributed by atoms with Crippen molar-refractivity contribution in [2.24, 2.45) is 0 Å². The molecule has 0 saturated heterocycles. The van der Waals surface area contributed by atoms with Gasteiger partial charge in [0.2, 0.25) is 0 Å². The van der Waals surface area contributed by atoms with Gasteiger partial charge < -0.3 is 30.9 Å². The summed E-state index contributed by atoms with van der Waals surface area (Å²) in [5, 5.41) is 29.2. The van der Waals surface area contributed by atoms with Crippen molar-refractivity contribution in [1.29, 1.82) is 0 Å². The smallest absolute Gasteiger partial charge is 0.342 e. The van der Waals surface area contributed by atoms with Crippen LogP contribution in [0.25, 0.3) is 11.1 Å². The van der Waals surface area contributed by atoms with Crippen molar-refractivity contribution in [3.05, 3.63) is 39.7 Å². The molecule has 2 aromatic rings. The van der Waals surface area contributed by atoms with Crippen molar-refractivity contribution in [2.75, 3.05) is 23.7 Å². The van der Waals surface area contributed by atoms with E-state index in [1.807, 2.05) is 23.7 Å². The van der Waals surface area contributed by atoms with Crippen LogP contribution in [0.15, 0.2) is 23.0 Å². The maximum atomic E-state index is 12.0. The van der Waals surface area contributed by atoms with Crippen molar-refractivity contribution in [1.82, 2.24) is 4.98 Å². The van der Waals surface area contributed by atoms with E-state index in [1.165, 1.54) is 12.1 Å². The summed E-state index contributed by atoms with van der Waals surface area (Å²) in [6.45, 7) is 5.20. The third kappa shape index (κ3) is 3.18. The average Bonchev–Trinajstić information content (AvgIpc) is 2.54. The van der Waals surface area contributed by atoms with Crippen LogP contribution in [0.3, 0.4) is 0 Å². The standard InChI is InChI=1S/C17H19N3O6/c1-3-20(4-2)8-5-6-9(10(21)7-8)11-12(16(23)24)14(18)19-15(22)13(11)17(25)26/h5-7,21H,3-4H2,1-2H3,(H,23,24)(H,25,26)(H3,18,19,22). The number of H-pyrrole nitrogens is 1. The number of aromatic carboxylic acids is 2. The first kappa shape index (κ1) is 18.8. The average molecular weight is 361 g/mol. The van der Waals surface area contributed by atoms with Crippen LogP contribution in [0.5, 0.6) is 5.75 Å². The van der Waals surface area contributed by atoms with Crippen LogP contribution in [0.2, 0.25) is 0 Å². The molecule has 0 amide bonds. The van der Waals surface area contributed by atoms with E-state index in [9.17, 15) is 29.7 Å². The van der Waals surface area contributed by atoms with Crippen LogP contribution >= 0.6 is 0 Å². The summed E-state index contributed by atoms with van der Waals surface area (Å²) >= 11 is 0. The number of phenolic OH excluding ortho intramolecular Hbond substituents is 1. The number of aromatic nitrogens is 1. The van der Waals surface area contributed by atoms with Crippen LogP contribution in [-0.4, -0.2) is 45.3 Å². The van der Waals surface area contributed by atoms with E-state index in [0.29, 0.717) is 18.8 Å². The molecule has 0 atom stereocenters. The van der Waals surface area contributed by atoms with Gasteiger partial charge in [0.05, 0.1) is 0 Å². The van der Waals surface area contributed by atoms with Crippen molar-refractivity contribution < 1.29 is 24.9 Å². The lowest BCUT2D eigenvalue weighted by molar-refractivity contribution is 0.0695. The number of carbonyl (C=O) groups is 2. The lowest BCUT2D eigenvalue weighted by Gasteiger charge is -2.22. The van der Waals surface area contributed by atoms with E-state index >= 15 is 0 Å². The number of aromatic hydroxyl groups is 1. The summed E-state index contributed by atoms with van der Waals surface area (Å²) in [6, 6.07) is 4.36. The highest BCUT2D eigenvalue weighted by atomic mass is 16.4. The Bertz CT molecular complexity index is 931. The van der Waals surface area contributed by atoms with Gasteiger partial charge in [0, 0.05) is 36.0 Å². The minimum atomic E-state index is -1.63. The van der Waals surface area contributed by atoms with Crippen LogP contribution in [-0.2, 0) is 0 Å². The molecular weight excluding hydrogens is 342 g/mol. The van der Waals surface area contributed by atoms with Crippen molar-refractivity contribution >= 4 is 23.4 Å². The maximum Gasteiger partial charge on any atom is 0.342 e. The third-order valence-electron chi connectivity index (χ3n) is 4.05. The molecule has 0 aliphatic carbocycles. The first-order chi connectivity index (χ1) is 12.2. The fourth-order valence-electron chi connectivity index (χ4n) is 2.83. The Morgan fingerprint density at radius 3 is 2.15 bits per heavy atom. The minimum absolute atomic E-state index is 0.103. The number of nitrogens with zero attached hydrogens (tertiary/aromatic N) is 1. The van der Waals surface area contributed by atoms with Gasteiger partial charge in [-0.15, -0.1) is 0 Å². The van der Waals surface area contributed by atoms with Gasteiger partial charge in [0.15, 0.2) is 0 Å². The summed E-state index contributed by atoms with van der Waals surface area (Å²) in [6.07, 6.45) is 0. The Labute approximate surface area is 148 Å². The van der Waals surface area contributed by atoms with Gasteiger partial charge in [-0.2, -0.15) is 0 Å². The number of aromatic amines is 1. The van der Waals surface area contributed by atoms with E-state index in [4.69, 9.17) is 5.73 Å². The van der Waals surface area contributed by atoms with E-state index in [1.54, 1.807) is 6.07 Å². The summed E-state index contributed by atoms with van der Waals surface area (Å²) in [5.74, 6) is -4.00. The van der Waals surface area contributed by atoms with E-state index in [-0.39, 0.29) is 11.3 Å². The predicted octanol–water partition coefficient (Wildman–Crippen LogP) is 1.57. The zero-order valence-electron chi connectivity index (χ0n) is 14.2. The molecule has 26 heavy (non-hydrogen) atoms. The molecule has 0 aliphatic rings. The van der Waals surface area contributed by atoms with Crippen LogP contribution in [0.4, 0.5) is 11.5 Å². The second kappa shape index (κ2) is 7.18. The maximum absolute atomic E-state index is 12.0. The lowest BCUT2D eigenvalue weighted by Crippen LogP contribution is -2.24. The largest absolute Gasteiger partial charge is 0.507 e. The Balaban J connectivity index is 2.85. The first-order valence-electron chi connectivity index (χ1n) is 7.83. The Morgan fingerprint density at radius 2 is 1.69 bits per heavy atom. The predicted molar refractivity (Wildman–Crippen MR) is 96.1 cm³/mol. The topological polar surface area (TPSA) is 157 Å². The van der Waals surface area contributed by atoms with Crippen LogP contribution < -0.4 is 16.2 Å². The first-order valence-corrected chi connectivity index (χ1v) is 7.83. The Morgan fingerprint density at radius 1 is 1.12 bits per heavy atom. The number of hydrogen-bond donors (Lipinski definition) is 5. The van der Waals surface area contributed by atoms with Gasteiger partial charge in [-0.05, 0) is 26.0 Å². The molecule has 0 radical (unpaired) electrons. The second-order valence-corrected chi connectivity index (χ2v) is 5.48. The number of nitrogens with two attached hydrogens (primary N) is 1. The van der Waals surface area contributed by atoms with Gasteiger partial charge in [-0.1, -0.05) is 0 Å². The summed E-state index contributed by atoms with van der Waals surface area (Å²) < 4.78 is 0. The Kier molecular flexibility index (Phi) is 5.20. The summed E-state index contributed by atoms with van der Waals surface area (Å²) in [7, 11) is 0. The number of benzene rings is 1. The number of phenols is 1. The third-order valence-corrected chi connectivity index (χ3v) is 4.05. The van der Waals surface area contributed by atoms with Crippen molar-refractivity contribution in [3.8, 4) is 16.9 Å². The number of nitrogen functional groups attached to an aromatic ring is 1. The lowest BCUT2D eigenvalue weighted by atomic mass is 9.94. The zero-order chi connectivity index (χ0) is 19.6. The summed E-state index contributed by atoms with van der Waals surface area (Å²) in [5.41, 5.74) is 3.27. The minimum Gasteiger partial charge on any atom is -0.507 e. The molecule has 0 bridgehead atoms. The number of nitrogens with one attached hydrogen (secondary N) is 1. The highest BCUT2D eigenvalue weighted by Gasteiger charge is 2.28. The Hall–Kier alpha value is -3.49. The number of hydrogen-bond acceptors (Lipinski definition) is 6. The van der Waals surface area contributed by atoms with Crippen molar-refractivity contribution in [2.45, 2.75) is 13.8 Å². The quantitative estimate of drug-likeness (QED) is 0.519. The number of anilines is 2. The second-order valence-electron chi connectivity index (χ2n) is 5.48. The monoisotopic (exact) mass is 361 g/mol. The van der Waals surface area contributed by atoms with Crippen LogP contribution in [0.1, 0.15) is 34.6 Å². The fraction of sp³-hybridized carbons (Fsp3) is 0.235. The number of carboxylic acid groups (broad SMARTS) is 2. The molecule has 0 aliphatic heterocycles. The SMILES string of the molecule is CCN(CC)c1ccc(-c2c(C(=O)O)c(N)[nH]c(=O)c2C(=O)O)c(O)c1.